The minimum absolute atomic E-state index is 0.0269. The molecule has 0 fully saturated rings. The first-order chi connectivity index (χ1) is 8.75. The Kier molecular flexibility index (Phi) is 4.62. The number of amides is 1. The summed E-state index contributed by atoms with van der Waals surface area (Å²) in [6.45, 7) is 0. The van der Waals surface area contributed by atoms with E-state index in [9.17, 15) is 17.6 Å². The Morgan fingerprint density at radius 2 is 2.11 bits per heavy atom. The van der Waals surface area contributed by atoms with E-state index in [1.165, 1.54) is 10.8 Å². The molecule has 0 unspecified atom stereocenters. The molecule has 0 aliphatic carbocycles. The van der Waals surface area contributed by atoms with Gasteiger partial charge < -0.3 is 10.5 Å². The number of ether oxygens (including phenoxy) is 1. The molecule has 104 valence electrons. The molecular formula is C9H10FN3O4S2. The van der Waals surface area contributed by atoms with Crippen LogP contribution in [-0.2, 0) is 14.9 Å². The van der Waals surface area contributed by atoms with Crippen molar-refractivity contribution in [3.8, 4) is 0 Å². The number of benzene rings is 1. The molecule has 0 saturated carbocycles. The van der Waals surface area contributed by atoms with Crippen molar-refractivity contribution in [3.05, 3.63) is 29.6 Å². The van der Waals surface area contributed by atoms with E-state index in [1.54, 1.807) is 0 Å². The van der Waals surface area contributed by atoms with Crippen LogP contribution in [0.5, 0.6) is 0 Å². The molecule has 0 bridgehead atoms. The van der Waals surface area contributed by atoms with Gasteiger partial charge in [-0.1, -0.05) is 12.2 Å². The molecule has 0 atom stereocenters. The van der Waals surface area contributed by atoms with E-state index in [0.29, 0.717) is 0 Å². The van der Waals surface area contributed by atoms with Gasteiger partial charge in [0, 0.05) is 5.56 Å². The molecule has 10 heteroatoms. The highest BCUT2D eigenvalue weighted by Crippen LogP contribution is 2.16. The highest BCUT2D eigenvalue weighted by molar-refractivity contribution is 7.91. The Morgan fingerprint density at radius 3 is 2.58 bits per heavy atom. The molecule has 1 aromatic carbocycles. The zero-order valence-corrected chi connectivity index (χ0v) is 11.3. The topological polar surface area (TPSA) is 111 Å². The number of rotatable bonds is 4. The maximum atomic E-state index is 13.6. The zero-order chi connectivity index (χ0) is 14.6. The van der Waals surface area contributed by atoms with Crippen LogP contribution in [0.2, 0.25) is 0 Å². The van der Waals surface area contributed by atoms with Crippen LogP contribution in [0.1, 0.15) is 5.56 Å². The number of hydrogen-bond acceptors (Lipinski definition) is 5. The van der Waals surface area contributed by atoms with Gasteiger partial charge >= 0.3 is 16.3 Å². The number of carbonyl (C=O) groups excluding carboxylic acids is 1. The molecule has 0 saturated heterocycles. The number of carbonyl (C=O) groups is 1. The number of thiocarbonyl (C=S) groups is 1. The molecule has 1 aromatic rings. The molecule has 0 heterocycles. The largest absolute Gasteiger partial charge is 0.452 e. The fraction of sp³-hybridized carbons (Fsp3) is 0.111. The summed E-state index contributed by atoms with van der Waals surface area (Å²) in [6, 6.07) is 3.43. The maximum Gasteiger partial charge on any atom is 0.422 e. The molecule has 0 spiro atoms. The van der Waals surface area contributed by atoms with Crippen molar-refractivity contribution in [1.29, 1.82) is 0 Å². The van der Waals surface area contributed by atoms with Gasteiger partial charge in [-0.2, -0.15) is 8.42 Å². The van der Waals surface area contributed by atoms with Gasteiger partial charge in [-0.3, -0.25) is 4.72 Å². The first-order valence-electron chi connectivity index (χ1n) is 4.73. The van der Waals surface area contributed by atoms with Crippen molar-refractivity contribution in [2.75, 3.05) is 11.8 Å². The third-order valence-corrected chi connectivity index (χ3v) is 3.06. The molecule has 4 N–H and O–H groups in total. The van der Waals surface area contributed by atoms with Crippen LogP contribution < -0.4 is 15.2 Å². The molecule has 1 amide bonds. The lowest BCUT2D eigenvalue weighted by molar-refractivity contribution is 0.177. The Balaban J connectivity index is 2.94. The molecule has 0 aromatic heterocycles. The second kappa shape index (κ2) is 5.80. The van der Waals surface area contributed by atoms with Crippen LogP contribution in [0.3, 0.4) is 0 Å². The predicted octanol–water partition coefficient (Wildman–Crippen LogP) is 0.473. The molecule has 0 radical (unpaired) electrons. The average molecular weight is 307 g/mol. The summed E-state index contributed by atoms with van der Waals surface area (Å²) in [5.74, 6) is -0.888. The van der Waals surface area contributed by atoms with E-state index < -0.39 is 22.1 Å². The SMILES string of the molecule is COC(=O)NS(=O)(=O)Nc1ccc(C(N)=S)cc1F. The maximum absolute atomic E-state index is 13.6. The van der Waals surface area contributed by atoms with E-state index in [4.69, 9.17) is 5.73 Å². The highest BCUT2D eigenvalue weighted by atomic mass is 32.2. The lowest BCUT2D eigenvalue weighted by Crippen LogP contribution is -2.35. The lowest BCUT2D eigenvalue weighted by atomic mass is 10.2. The quantitative estimate of drug-likeness (QED) is 0.698. The van der Waals surface area contributed by atoms with Crippen LogP contribution >= 0.6 is 12.2 Å². The van der Waals surface area contributed by atoms with Crippen LogP contribution in [0.4, 0.5) is 14.9 Å². The van der Waals surface area contributed by atoms with Crippen LogP contribution in [0.15, 0.2) is 18.2 Å². The normalized spacial score (nSPS) is 10.6. The van der Waals surface area contributed by atoms with Gasteiger partial charge in [0.1, 0.15) is 10.8 Å². The smallest absolute Gasteiger partial charge is 0.422 e. The van der Waals surface area contributed by atoms with Crippen LogP contribution in [0, 0.1) is 5.82 Å². The number of anilines is 1. The van der Waals surface area contributed by atoms with Gasteiger partial charge in [0.15, 0.2) is 0 Å². The molecular weight excluding hydrogens is 297 g/mol. The van der Waals surface area contributed by atoms with E-state index >= 15 is 0 Å². The molecule has 19 heavy (non-hydrogen) atoms. The molecule has 0 aliphatic rings. The summed E-state index contributed by atoms with van der Waals surface area (Å²) in [7, 11) is -3.29. The predicted molar refractivity (Wildman–Crippen MR) is 70.4 cm³/mol. The highest BCUT2D eigenvalue weighted by Gasteiger charge is 2.16. The minimum Gasteiger partial charge on any atom is -0.452 e. The standard InChI is InChI=1S/C9H10FN3O4S2/c1-17-9(14)13-19(15,16)12-7-3-2-5(8(11)18)4-6(7)10/h2-4,12H,1H3,(H2,11,18)(H,13,14). The summed E-state index contributed by atoms with van der Waals surface area (Å²) < 4.78 is 43.8. The summed E-state index contributed by atoms with van der Waals surface area (Å²) in [6.07, 6.45) is -1.20. The molecule has 0 aliphatic heterocycles. The van der Waals surface area contributed by atoms with E-state index in [-0.39, 0.29) is 16.2 Å². The Bertz CT molecular complexity index is 618. The van der Waals surface area contributed by atoms with Crippen molar-refractivity contribution in [3.63, 3.8) is 0 Å². The second-order valence-electron chi connectivity index (χ2n) is 3.26. The van der Waals surface area contributed by atoms with Gasteiger partial charge in [-0.25, -0.2) is 13.9 Å². The summed E-state index contributed by atoms with van der Waals surface area (Å²) in [4.78, 5) is 10.7. The molecule has 1 rings (SSSR count). The first kappa shape index (κ1) is 15.1. The number of nitrogens with one attached hydrogen (secondary N) is 2. The summed E-state index contributed by atoms with van der Waals surface area (Å²) in [5, 5.41) is 0. The Morgan fingerprint density at radius 1 is 1.47 bits per heavy atom. The third kappa shape index (κ3) is 4.34. The lowest BCUT2D eigenvalue weighted by Gasteiger charge is -2.10. The zero-order valence-electron chi connectivity index (χ0n) is 9.64. The van der Waals surface area contributed by atoms with Crippen molar-refractivity contribution < 1.29 is 22.3 Å². The average Bonchev–Trinajstić information content (AvgIpc) is 2.30. The van der Waals surface area contributed by atoms with Gasteiger partial charge in [0.25, 0.3) is 0 Å². The summed E-state index contributed by atoms with van der Waals surface area (Å²) in [5.41, 5.74) is 5.18. The van der Waals surface area contributed by atoms with Gasteiger partial charge in [-0.05, 0) is 18.2 Å². The van der Waals surface area contributed by atoms with Crippen molar-refractivity contribution in [2.45, 2.75) is 0 Å². The van der Waals surface area contributed by atoms with E-state index in [0.717, 1.165) is 19.2 Å². The molecule has 7 nitrogen and oxygen atoms in total. The van der Waals surface area contributed by atoms with Gasteiger partial charge in [0.05, 0.1) is 12.8 Å². The fourth-order valence-corrected chi connectivity index (χ4v) is 2.01. The van der Waals surface area contributed by atoms with Gasteiger partial charge in [-0.15, -0.1) is 0 Å². The number of halogens is 1. The summed E-state index contributed by atoms with van der Waals surface area (Å²) >= 11 is 4.65. The van der Waals surface area contributed by atoms with Crippen molar-refractivity contribution in [2.24, 2.45) is 5.73 Å². The van der Waals surface area contributed by atoms with Crippen molar-refractivity contribution >= 4 is 39.2 Å². The van der Waals surface area contributed by atoms with Crippen LogP contribution in [-0.4, -0.2) is 26.6 Å². The Labute approximate surface area is 114 Å². The minimum atomic E-state index is -4.28. The van der Waals surface area contributed by atoms with Crippen molar-refractivity contribution in [1.82, 2.24) is 4.72 Å². The third-order valence-electron chi connectivity index (χ3n) is 1.90. The Hall–Kier alpha value is -1.94. The van der Waals surface area contributed by atoms with E-state index in [2.05, 4.69) is 17.0 Å². The number of methoxy groups -OCH3 is 1. The number of nitrogens with two attached hydrogens (primary N) is 1. The van der Waals surface area contributed by atoms with Crippen LogP contribution in [0.25, 0.3) is 0 Å². The van der Waals surface area contributed by atoms with Gasteiger partial charge in [0.2, 0.25) is 0 Å². The fourth-order valence-electron chi connectivity index (χ4n) is 1.07. The van der Waals surface area contributed by atoms with E-state index in [1.807, 2.05) is 4.72 Å². The monoisotopic (exact) mass is 307 g/mol. The second-order valence-corrected chi connectivity index (χ2v) is 5.11. The first-order valence-corrected chi connectivity index (χ1v) is 6.62. The number of hydrogen-bond donors (Lipinski definition) is 3.